The molecule has 0 aromatic carbocycles. The first-order chi connectivity index (χ1) is 14.2. The zero-order valence-electron chi connectivity index (χ0n) is 18.0. The molecular weight excluding hydrogens is 364 g/mol. The van der Waals surface area contributed by atoms with Gasteiger partial charge in [0.15, 0.2) is 5.96 Å². The standard InChI is InChI=1S/C22H34N6O/c1-4-19-18(20(5-2)29-27-19)16-26-22(23-6-3)25-15-17-10-11-24-21(14-17)28-12-8-7-9-13-28/h10-11,14H,4-9,12-13,15-16H2,1-3H3,(H2,23,25,26). The number of pyridine rings is 1. The number of aryl methyl sites for hydroxylation is 2. The fourth-order valence-corrected chi connectivity index (χ4v) is 3.68. The quantitative estimate of drug-likeness (QED) is 0.524. The predicted molar refractivity (Wildman–Crippen MR) is 117 cm³/mol. The number of hydrogen-bond donors (Lipinski definition) is 2. The maximum atomic E-state index is 5.47. The summed E-state index contributed by atoms with van der Waals surface area (Å²) in [5.74, 6) is 2.82. The average Bonchev–Trinajstić information content (AvgIpc) is 3.18. The van der Waals surface area contributed by atoms with Crippen molar-refractivity contribution in [3.63, 3.8) is 0 Å². The molecule has 3 heterocycles. The number of aliphatic imine (C=N–C) groups is 1. The number of hydrogen-bond acceptors (Lipinski definition) is 5. The second-order valence-corrected chi connectivity index (χ2v) is 7.36. The highest BCUT2D eigenvalue weighted by atomic mass is 16.5. The minimum atomic E-state index is 0.615. The van der Waals surface area contributed by atoms with Crippen LogP contribution >= 0.6 is 0 Å². The molecule has 0 saturated carbocycles. The Balaban J connectivity index is 1.66. The van der Waals surface area contributed by atoms with Crippen LogP contribution in [-0.4, -0.2) is 35.7 Å². The van der Waals surface area contributed by atoms with Crippen molar-refractivity contribution >= 4 is 11.8 Å². The highest BCUT2D eigenvalue weighted by molar-refractivity contribution is 5.79. The van der Waals surface area contributed by atoms with Crippen molar-refractivity contribution in [2.24, 2.45) is 4.99 Å². The van der Waals surface area contributed by atoms with Crippen LogP contribution in [0.15, 0.2) is 27.8 Å². The van der Waals surface area contributed by atoms with Gasteiger partial charge < -0.3 is 20.1 Å². The van der Waals surface area contributed by atoms with Gasteiger partial charge in [-0.15, -0.1) is 0 Å². The van der Waals surface area contributed by atoms with E-state index >= 15 is 0 Å². The molecule has 29 heavy (non-hydrogen) atoms. The first kappa shape index (κ1) is 21.1. The van der Waals surface area contributed by atoms with Gasteiger partial charge in [0.2, 0.25) is 0 Å². The molecule has 2 aromatic rings. The lowest BCUT2D eigenvalue weighted by Gasteiger charge is -2.27. The van der Waals surface area contributed by atoms with Crippen LogP contribution in [0.2, 0.25) is 0 Å². The Morgan fingerprint density at radius 1 is 1.14 bits per heavy atom. The molecule has 0 unspecified atom stereocenters. The maximum absolute atomic E-state index is 5.47. The van der Waals surface area contributed by atoms with Crippen LogP contribution in [-0.2, 0) is 25.9 Å². The summed E-state index contributed by atoms with van der Waals surface area (Å²) in [5.41, 5.74) is 3.34. The van der Waals surface area contributed by atoms with Gasteiger partial charge >= 0.3 is 0 Å². The molecule has 7 heteroatoms. The zero-order valence-corrected chi connectivity index (χ0v) is 18.0. The van der Waals surface area contributed by atoms with Crippen LogP contribution in [0.25, 0.3) is 0 Å². The van der Waals surface area contributed by atoms with Crippen molar-refractivity contribution in [3.05, 3.63) is 40.9 Å². The van der Waals surface area contributed by atoms with E-state index in [1.807, 2.05) is 12.3 Å². The predicted octanol–water partition coefficient (Wildman–Crippen LogP) is 3.44. The van der Waals surface area contributed by atoms with Crippen molar-refractivity contribution in [2.45, 2.75) is 66.0 Å². The van der Waals surface area contributed by atoms with Gasteiger partial charge in [0.05, 0.1) is 12.2 Å². The molecule has 1 fully saturated rings. The Morgan fingerprint density at radius 3 is 2.69 bits per heavy atom. The van der Waals surface area contributed by atoms with Crippen molar-refractivity contribution in [3.8, 4) is 0 Å². The largest absolute Gasteiger partial charge is 0.361 e. The van der Waals surface area contributed by atoms with Crippen LogP contribution in [0.1, 0.15) is 62.6 Å². The molecule has 1 aliphatic heterocycles. The Hall–Kier alpha value is -2.57. The summed E-state index contributed by atoms with van der Waals surface area (Å²) < 4.78 is 5.47. The SMILES string of the molecule is CCNC(=NCc1ccnc(N2CCCCC2)c1)NCc1c(CC)noc1CC. The monoisotopic (exact) mass is 398 g/mol. The summed E-state index contributed by atoms with van der Waals surface area (Å²) in [6, 6.07) is 4.22. The summed E-state index contributed by atoms with van der Waals surface area (Å²) >= 11 is 0. The van der Waals surface area contributed by atoms with E-state index in [2.05, 4.69) is 52.5 Å². The Kier molecular flexibility index (Phi) is 7.90. The molecule has 2 N–H and O–H groups in total. The normalized spacial score (nSPS) is 14.9. The van der Waals surface area contributed by atoms with E-state index in [-0.39, 0.29) is 0 Å². The molecule has 0 atom stereocenters. The average molecular weight is 399 g/mol. The van der Waals surface area contributed by atoms with Crippen molar-refractivity contribution in [1.82, 2.24) is 20.8 Å². The van der Waals surface area contributed by atoms with Gasteiger partial charge in [-0.25, -0.2) is 9.98 Å². The molecule has 1 saturated heterocycles. The summed E-state index contributed by atoms with van der Waals surface area (Å²) in [6.07, 6.45) is 7.43. The van der Waals surface area contributed by atoms with Gasteiger partial charge in [0.1, 0.15) is 11.6 Å². The van der Waals surface area contributed by atoms with E-state index in [9.17, 15) is 0 Å². The van der Waals surface area contributed by atoms with Crippen LogP contribution in [0.5, 0.6) is 0 Å². The third-order valence-electron chi connectivity index (χ3n) is 5.29. The second-order valence-electron chi connectivity index (χ2n) is 7.36. The number of rotatable bonds is 8. The summed E-state index contributed by atoms with van der Waals surface area (Å²) in [7, 11) is 0. The minimum Gasteiger partial charge on any atom is -0.361 e. The Bertz CT molecular complexity index is 773. The summed E-state index contributed by atoms with van der Waals surface area (Å²) in [4.78, 5) is 11.7. The third-order valence-corrected chi connectivity index (χ3v) is 5.29. The molecule has 0 spiro atoms. The lowest BCUT2D eigenvalue weighted by molar-refractivity contribution is 0.380. The molecule has 3 rings (SSSR count). The minimum absolute atomic E-state index is 0.615. The van der Waals surface area contributed by atoms with Gasteiger partial charge in [-0.1, -0.05) is 19.0 Å². The van der Waals surface area contributed by atoms with E-state index < -0.39 is 0 Å². The van der Waals surface area contributed by atoms with E-state index in [1.165, 1.54) is 24.8 Å². The molecular formula is C22H34N6O. The lowest BCUT2D eigenvalue weighted by Crippen LogP contribution is -2.37. The molecule has 0 aliphatic carbocycles. The van der Waals surface area contributed by atoms with Crippen molar-refractivity contribution in [2.75, 3.05) is 24.5 Å². The van der Waals surface area contributed by atoms with E-state index in [4.69, 9.17) is 9.52 Å². The summed E-state index contributed by atoms with van der Waals surface area (Å²) in [6.45, 7) is 10.6. The number of piperidine rings is 1. The number of aromatic nitrogens is 2. The highest BCUT2D eigenvalue weighted by Gasteiger charge is 2.14. The van der Waals surface area contributed by atoms with Gasteiger partial charge in [-0.2, -0.15) is 0 Å². The van der Waals surface area contributed by atoms with Crippen LogP contribution in [0, 0.1) is 0 Å². The van der Waals surface area contributed by atoms with E-state index in [0.29, 0.717) is 13.1 Å². The fraction of sp³-hybridized carbons (Fsp3) is 0.591. The third kappa shape index (κ3) is 5.71. The zero-order chi connectivity index (χ0) is 20.5. The second kappa shape index (κ2) is 10.8. The lowest BCUT2D eigenvalue weighted by atomic mass is 10.1. The van der Waals surface area contributed by atoms with Crippen LogP contribution in [0.4, 0.5) is 5.82 Å². The number of guanidine groups is 1. The van der Waals surface area contributed by atoms with Gasteiger partial charge in [-0.05, 0) is 50.3 Å². The molecule has 0 bridgehead atoms. The Morgan fingerprint density at radius 2 is 1.97 bits per heavy atom. The fourth-order valence-electron chi connectivity index (χ4n) is 3.68. The first-order valence-corrected chi connectivity index (χ1v) is 10.9. The van der Waals surface area contributed by atoms with Gasteiger partial charge in [-0.3, -0.25) is 0 Å². The van der Waals surface area contributed by atoms with Gasteiger partial charge in [0, 0.05) is 44.4 Å². The molecule has 0 radical (unpaired) electrons. The first-order valence-electron chi connectivity index (χ1n) is 10.9. The Labute approximate surface area is 174 Å². The molecule has 158 valence electrons. The van der Waals surface area contributed by atoms with Crippen LogP contribution < -0.4 is 15.5 Å². The smallest absolute Gasteiger partial charge is 0.191 e. The molecule has 0 amide bonds. The van der Waals surface area contributed by atoms with E-state index in [1.54, 1.807) is 0 Å². The topological polar surface area (TPSA) is 78.6 Å². The maximum Gasteiger partial charge on any atom is 0.191 e. The number of nitrogens with one attached hydrogen (secondary N) is 2. The molecule has 7 nitrogen and oxygen atoms in total. The number of nitrogens with zero attached hydrogens (tertiary/aromatic N) is 4. The molecule has 1 aliphatic rings. The highest BCUT2D eigenvalue weighted by Crippen LogP contribution is 2.19. The number of anilines is 1. The van der Waals surface area contributed by atoms with Crippen LogP contribution in [0.3, 0.4) is 0 Å². The summed E-state index contributed by atoms with van der Waals surface area (Å²) in [5, 5.41) is 11.0. The van der Waals surface area contributed by atoms with Crippen molar-refractivity contribution < 1.29 is 4.52 Å². The molecule has 2 aromatic heterocycles. The van der Waals surface area contributed by atoms with Crippen molar-refractivity contribution in [1.29, 1.82) is 0 Å². The van der Waals surface area contributed by atoms with Gasteiger partial charge in [0.25, 0.3) is 0 Å². The van der Waals surface area contributed by atoms with E-state index in [0.717, 1.165) is 61.3 Å².